The van der Waals surface area contributed by atoms with Crippen LogP contribution in [0.5, 0.6) is 0 Å². The summed E-state index contributed by atoms with van der Waals surface area (Å²) in [4.78, 5) is 75.9. The highest BCUT2D eigenvalue weighted by Gasteiger charge is 2.41. The number of likely N-dealkylation sites (tertiary alicyclic amines) is 2. The Kier molecular flexibility index (Phi) is 18.7. The first-order valence-corrected chi connectivity index (χ1v) is 20.9. The molecule has 10 nitrogen and oxygen atoms in total. The predicted octanol–water partition coefficient (Wildman–Crippen LogP) is 6.30. The summed E-state index contributed by atoms with van der Waals surface area (Å²) in [6.07, 6.45) is 10.6. The summed E-state index contributed by atoms with van der Waals surface area (Å²) in [5.74, 6) is 1.04. The van der Waals surface area contributed by atoms with Crippen molar-refractivity contribution < 1.29 is 31.6 Å². The smallest absolute Gasteiger partial charge is 0.242 e. The fraction of sp³-hybridized carbons (Fsp3) is 0.838. The third kappa shape index (κ3) is 13.2. The van der Waals surface area contributed by atoms with Gasteiger partial charge in [-0.25, -0.2) is 0 Å². The third-order valence-electron chi connectivity index (χ3n) is 9.87. The van der Waals surface area contributed by atoms with Crippen LogP contribution in [0.4, 0.5) is 0 Å². The largest absolute Gasteiger partial charge is 0.354 e. The second kappa shape index (κ2) is 21.3. The van der Waals surface area contributed by atoms with Gasteiger partial charge in [0.05, 0.1) is 10.5 Å². The number of amides is 6. The first kappa shape index (κ1) is 43.1. The Balaban J connectivity index is 0.000000902. The van der Waals surface area contributed by atoms with E-state index < -0.39 is 0 Å². The summed E-state index contributed by atoms with van der Waals surface area (Å²) < 4.78 is 0. The summed E-state index contributed by atoms with van der Waals surface area (Å²) in [5.41, 5.74) is 0. The first-order chi connectivity index (χ1) is 23.2. The van der Waals surface area contributed by atoms with Crippen LogP contribution in [0, 0.1) is 23.7 Å². The van der Waals surface area contributed by atoms with Crippen molar-refractivity contribution in [3.63, 3.8) is 0 Å². The van der Waals surface area contributed by atoms with Gasteiger partial charge in [0.15, 0.2) is 0 Å². The Morgan fingerprint density at radius 3 is 1.49 bits per heavy atom. The highest BCUT2D eigenvalue weighted by molar-refractivity contribution is 8.01. The molecule has 6 amide bonds. The highest BCUT2D eigenvalue weighted by atomic mass is 32.2. The van der Waals surface area contributed by atoms with E-state index in [1.54, 1.807) is 11.8 Å². The minimum atomic E-state index is -0.203. The zero-order chi connectivity index (χ0) is 36.8. The minimum Gasteiger partial charge on any atom is -0.354 e. The van der Waals surface area contributed by atoms with Crippen LogP contribution in [0.1, 0.15) is 129 Å². The molecule has 2 N–H and O–H groups in total. The van der Waals surface area contributed by atoms with Gasteiger partial charge in [-0.15, -0.1) is 11.8 Å². The van der Waals surface area contributed by atoms with E-state index in [1.807, 2.05) is 40.9 Å². The molecule has 4 fully saturated rings. The molecule has 2 saturated heterocycles. The van der Waals surface area contributed by atoms with E-state index in [0.717, 1.165) is 57.8 Å². The summed E-state index contributed by atoms with van der Waals surface area (Å²) in [6.45, 7) is 17.2. The van der Waals surface area contributed by atoms with E-state index in [4.69, 9.17) is 0 Å². The second-order valence-electron chi connectivity index (χ2n) is 14.4. The zero-order valence-electron chi connectivity index (χ0n) is 31.5. The van der Waals surface area contributed by atoms with Gasteiger partial charge in [0.25, 0.3) is 0 Å². The highest BCUT2D eigenvalue weighted by Crippen LogP contribution is 2.34. The molecule has 0 spiro atoms. The van der Waals surface area contributed by atoms with E-state index in [-0.39, 0.29) is 72.7 Å². The van der Waals surface area contributed by atoms with Crippen LogP contribution in [0.15, 0.2) is 0 Å². The molecule has 4 aliphatic rings. The topological polar surface area (TPSA) is 133 Å². The third-order valence-corrected chi connectivity index (χ3v) is 12.1. The maximum absolute atomic E-state index is 12.4. The van der Waals surface area contributed by atoms with Crippen molar-refractivity contribution in [3.05, 3.63) is 0 Å². The lowest BCUT2D eigenvalue weighted by Gasteiger charge is -2.30. The Labute approximate surface area is 307 Å². The van der Waals surface area contributed by atoms with Crippen molar-refractivity contribution in [1.29, 1.82) is 0 Å². The van der Waals surface area contributed by atoms with E-state index in [1.165, 1.54) is 21.6 Å². The molecule has 284 valence electrons. The van der Waals surface area contributed by atoms with Gasteiger partial charge in [-0.3, -0.25) is 38.6 Å². The van der Waals surface area contributed by atoms with Crippen LogP contribution in [0.2, 0.25) is 0 Å². The van der Waals surface area contributed by atoms with E-state index >= 15 is 0 Å². The molecule has 3 atom stereocenters. The molecule has 2 heterocycles. The zero-order valence-corrected chi connectivity index (χ0v) is 33.2. The Bertz CT molecular complexity index is 1130. The van der Waals surface area contributed by atoms with Gasteiger partial charge in [-0.2, -0.15) is 11.8 Å². The van der Waals surface area contributed by atoms with Crippen molar-refractivity contribution in [3.8, 4) is 0 Å². The normalized spacial score (nSPS) is 27.8. The molecule has 0 radical (unpaired) electrons. The second-order valence-corrected chi connectivity index (χ2v) is 17.2. The number of carbonyl (C=O) groups is 6. The first-order valence-electron chi connectivity index (χ1n) is 18.7. The number of imide groups is 2. The van der Waals surface area contributed by atoms with Crippen molar-refractivity contribution in [2.24, 2.45) is 23.7 Å². The number of thioether (sulfide) groups is 2. The van der Waals surface area contributed by atoms with Gasteiger partial charge < -0.3 is 10.6 Å². The molecule has 0 aromatic carbocycles. The number of nitrogens with zero attached hydrogens (tertiary/aromatic N) is 2. The van der Waals surface area contributed by atoms with Gasteiger partial charge in [0.2, 0.25) is 35.4 Å². The van der Waals surface area contributed by atoms with Crippen molar-refractivity contribution in [1.82, 2.24) is 20.4 Å². The number of nitrogens with one attached hydrogen (secondary N) is 2. The van der Waals surface area contributed by atoms with Crippen LogP contribution >= 0.6 is 23.5 Å². The lowest BCUT2D eigenvalue weighted by atomic mass is 9.81. The van der Waals surface area contributed by atoms with Gasteiger partial charge >= 0.3 is 0 Å². The molecular weight excluding hydrogens is 661 g/mol. The maximum atomic E-state index is 12.4. The van der Waals surface area contributed by atoms with E-state index in [9.17, 15) is 28.8 Å². The average Bonchev–Trinajstić information content (AvgIpc) is 3.49. The Morgan fingerprint density at radius 2 is 1.12 bits per heavy atom. The van der Waals surface area contributed by atoms with Crippen LogP contribution in [-0.4, -0.2) is 92.4 Å². The Hall–Kier alpha value is -2.08. The number of hydrogen-bond donors (Lipinski definition) is 2. The van der Waals surface area contributed by atoms with Crippen molar-refractivity contribution in [2.75, 3.05) is 19.3 Å². The van der Waals surface area contributed by atoms with Gasteiger partial charge in [-0.1, -0.05) is 34.6 Å². The Morgan fingerprint density at radius 1 is 0.714 bits per heavy atom. The van der Waals surface area contributed by atoms with Crippen LogP contribution in [0.3, 0.4) is 0 Å². The summed E-state index contributed by atoms with van der Waals surface area (Å²) in [6, 6.07) is 0.397. The number of rotatable bonds is 12. The van der Waals surface area contributed by atoms with Gasteiger partial charge in [0, 0.05) is 52.7 Å². The molecule has 2 saturated carbocycles. The molecule has 2 aliphatic heterocycles. The van der Waals surface area contributed by atoms with Gasteiger partial charge in [-0.05, 0) is 102 Å². The molecule has 3 unspecified atom stereocenters. The van der Waals surface area contributed by atoms with Crippen LogP contribution < -0.4 is 10.6 Å². The molecule has 0 aromatic heterocycles. The van der Waals surface area contributed by atoms with Crippen molar-refractivity contribution >= 4 is 59.0 Å². The van der Waals surface area contributed by atoms with E-state index in [0.29, 0.717) is 43.0 Å². The summed E-state index contributed by atoms with van der Waals surface area (Å²) >= 11 is 3.04. The quantitative estimate of drug-likeness (QED) is 0.224. The lowest BCUT2D eigenvalue weighted by molar-refractivity contribution is -0.140. The van der Waals surface area contributed by atoms with E-state index in [2.05, 4.69) is 31.4 Å². The SMILES string of the molecule is CC.CC(C)NC(=O)C1CCC(CN2C(=O)CC(SC(C)C)C2=O)CC1.CCC(C)NC(=O)C1CCC(CN2C(=O)CC(SC)C2=O)CC1.[HH].[HH]. The number of hydrogen-bond acceptors (Lipinski definition) is 8. The fourth-order valence-electron chi connectivity index (χ4n) is 6.90. The molecule has 0 aromatic rings. The maximum Gasteiger partial charge on any atom is 0.242 e. The minimum absolute atomic E-state index is 0. The standard InChI is InChI=1S/C18H30N2O3S.C17H28N2O3S.C2H6.2H2/c1-11(2)19-17(22)14-7-5-13(6-8-14)10-20-16(21)9-15(18(20)23)24-12(3)4;1-4-11(2)18-16(21)13-7-5-12(6-8-13)10-19-15(20)9-14(23-3)17(19)22;1-2;;/h11-15H,5-10H2,1-4H3,(H,19,22);11-14H,4-10H2,1-3H3,(H,18,21);1-2H3;2*1H. The molecule has 12 heteroatoms. The fourth-order valence-corrected chi connectivity index (χ4v) is 8.68. The van der Waals surface area contributed by atoms with Crippen LogP contribution in [0.25, 0.3) is 0 Å². The molecule has 0 bridgehead atoms. The summed E-state index contributed by atoms with van der Waals surface area (Å²) in [7, 11) is 0. The van der Waals surface area contributed by atoms with Crippen LogP contribution in [-0.2, 0) is 28.8 Å². The molecule has 49 heavy (non-hydrogen) atoms. The number of carbonyl (C=O) groups excluding carboxylic acids is 6. The summed E-state index contributed by atoms with van der Waals surface area (Å²) in [5, 5.41) is 5.98. The molecular formula is C37H68N4O6S2. The lowest BCUT2D eigenvalue weighted by Crippen LogP contribution is -2.40. The molecule has 2 aliphatic carbocycles. The van der Waals surface area contributed by atoms with Crippen molar-refractivity contribution in [2.45, 2.75) is 154 Å². The average molecular weight is 729 g/mol. The predicted molar refractivity (Wildman–Crippen MR) is 204 cm³/mol. The monoisotopic (exact) mass is 728 g/mol. The van der Waals surface area contributed by atoms with Gasteiger partial charge in [0.1, 0.15) is 0 Å². The molecule has 4 rings (SSSR count).